The zero-order valence-corrected chi connectivity index (χ0v) is 20.0. The lowest BCUT2D eigenvalue weighted by atomic mass is 9.77. The van der Waals surface area contributed by atoms with Gasteiger partial charge in [-0.2, -0.15) is 4.98 Å². The Kier molecular flexibility index (Phi) is 7.03. The summed E-state index contributed by atoms with van der Waals surface area (Å²) in [5.74, 6) is 2.64. The second kappa shape index (κ2) is 10.7. The highest BCUT2D eigenvalue weighted by Crippen LogP contribution is 2.38. The normalized spacial score (nSPS) is 17.7. The first-order chi connectivity index (χ1) is 17.2. The van der Waals surface area contributed by atoms with E-state index in [0.717, 1.165) is 17.0 Å². The highest BCUT2D eigenvalue weighted by molar-refractivity contribution is 5.91. The van der Waals surface area contributed by atoms with Crippen molar-refractivity contribution in [2.45, 2.75) is 51.4 Å². The van der Waals surface area contributed by atoms with Gasteiger partial charge < -0.3 is 9.26 Å². The number of esters is 1. The number of carbonyl (C=O) groups is 1. The maximum Gasteiger partial charge on any atom is 0.343 e. The Hall–Kier alpha value is -3.73. The minimum atomic E-state index is -0.393. The van der Waals surface area contributed by atoms with Gasteiger partial charge in [0.25, 0.3) is 5.89 Å². The van der Waals surface area contributed by atoms with Crippen LogP contribution < -0.4 is 4.74 Å². The standard InChI is InChI=1S/C30H30N2O3/c1-2-6-21-9-11-22(12-10-21)23-13-15-24(16-14-23)28-31-29(35-32-28)25-17-19-27(20-18-25)34-30(33)26-7-4-3-5-8-26/h3-5,7-8,13-22H,2,6,9-12H2,1H3. The smallest absolute Gasteiger partial charge is 0.343 e. The molecule has 0 radical (unpaired) electrons. The van der Waals surface area contributed by atoms with Crippen molar-refractivity contribution in [1.82, 2.24) is 10.1 Å². The zero-order valence-electron chi connectivity index (χ0n) is 20.0. The van der Waals surface area contributed by atoms with Gasteiger partial charge in [0.2, 0.25) is 5.82 Å². The summed E-state index contributed by atoms with van der Waals surface area (Å²) in [6.45, 7) is 2.28. The number of aromatic nitrogens is 2. The largest absolute Gasteiger partial charge is 0.423 e. The third-order valence-corrected chi connectivity index (χ3v) is 6.93. The molecule has 1 aromatic heterocycles. The summed E-state index contributed by atoms with van der Waals surface area (Å²) in [5, 5.41) is 4.17. The maximum atomic E-state index is 12.2. The van der Waals surface area contributed by atoms with Crippen LogP contribution in [-0.4, -0.2) is 16.1 Å². The highest BCUT2D eigenvalue weighted by atomic mass is 16.5. The first kappa shape index (κ1) is 23.0. The molecule has 5 heteroatoms. The molecule has 1 fully saturated rings. The molecule has 1 aliphatic carbocycles. The molecular formula is C30H30N2O3. The Morgan fingerprint density at radius 3 is 2.26 bits per heavy atom. The van der Waals surface area contributed by atoms with Crippen LogP contribution in [0.15, 0.2) is 83.4 Å². The van der Waals surface area contributed by atoms with Crippen molar-refractivity contribution in [3.05, 3.63) is 90.0 Å². The quantitative estimate of drug-likeness (QED) is 0.206. The van der Waals surface area contributed by atoms with E-state index in [9.17, 15) is 4.79 Å². The molecule has 3 aromatic carbocycles. The summed E-state index contributed by atoms with van der Waals surface area (Å²) in [6.07, 6.45) is 7.92. The molecule has 35 heavy (non-hydrogen) atoms. The van der Waals surface area contributed by atoms with Crippen molar-refractivity contribution in [2.75, 3.05) is 0 Å². The van der Waals surface area contributed by atoms with Gasteiger partial charge in [0.1, 0.15) is 5.75 Å². The molecule has 178 valence electrons. The van der Waals surface area contributed by atoms with Crippen molar-refractivity contribution in [2.24, 2.45) is 5.92 Å². The van der Waals surface area contributed by atoms with Crippen molar-refractivity contribution in [3.8, 4) is 28.6 Å². The van der Waals surface area contributed by atoms with Crippen LogP contribution in [0.25, 0.3) is 22.8 Å². The van der Waals surface area contributed by atoms with E-state index in [1.165, 1.54) is 44.1 Å². The number of ether oxygens (including phenoxy) is 1. The van der Waals surface area contributed by atoms with Crippen molar-refractivity contribution in [3.63, 3.8) is 0 Å². The number of nitrogens with zero attached hydrogens (tertiary/aromatic N) is 2. The van der Waals surface area contributed by atoms with E-state index in [-0.39, 0.29) is 0 Å². The van der Waals surface area contributed by atoms with E-state index in [4.69, 9.17) is 9.26 Å². The van der Waals surface area contributed by atoms with Crippen LogP contribution >= 0.6 is 0 Å². The van der Waals surface area contributed by atoms with Gasteiger partial charge >= 0.3 is 5.97 Å². The van der Waals surface area contributed by atoms with Crippen LogP contribution in [0.3, 0.4) is 0 Å². The van der Waals surface area contributed by atoms with Gasteiger partial charge in [-0.25, -0.2) is 4.79 Å². The summed E-state index contributed by atoms with van der Waals surface area (Å²) >= 11 is 0. The van der Waals surface area contributed by atoms with E-state index >= 15 is 0 Å². The molecule has 1 heterocycles. The summed E-state index contributed by atoms with van der Waals surface area (Å²) < 4.78 is 10.9. The Morgan fingerprint density at radius 2 is 1.57 bits per heavy atom. The number of rotatable bonds is 7. The fraction of sp³-hybridized carbons (Fsp3) is 0.300. The van der Waals surface area contributed by atoms with Crippen molar-refractivity contribution in [1.29, 1.82) is 0 Å². The van der Waals surface area contributed by atoms with Gasteiger partial charge in [-0.15, -0.1) is 0 Å². The molecule has 0 N–H and O–H groups in total. The monoisotopic (exact) mass is 466 g/mol. The second-order valence-electron chi connectivity index (χ2n) is 9.33. The number of hydrogen-bond donors (Lipinski definition) is 0. The van der Waals surface area contributed by atoms with E-state index in [2.05, 4.69) is 41.3 Å². The first-order valence-corrected chi connectivity index (χ1v) is 12.5. The minimum Gasteiger partial charge on any atom is -0.423 e. The molecule has 0 amide bonds. The van der Waals surface area contributed by atoms with Crippen LogP contribution in [0.5, 0.6) is 5.75 Å². The maximum absolute atomic E-state index is 12.2. The number of hydrogen-bond acceptors (Lipinski definition) is 5. The van der Waals surface area contributed by atoms with Gasteiger partial charge in [-0.3, -0.25) is 0 Å². The molecule has 1 aliphatic rings. The van der Waals surface area contributed by atoms with Crippen LogP contribution in [0.4, 0.5) is 0 Å². The fourth-order valence-corrected chi connectivity index (χ4v) is 4.96. The summed E-state index contributed by atoms with van der Waals surface area (Å²) in [5.41, 5.74) is 3.63. The van der Waals surface area contributed by atoms with Gasteiger partial charge in [-0.05, 0) is 79.5 Å². The highest BCUT2D eigenvalue weighted by Gasteiger charge is 2.22. The van der Waals surface area contributed by atoms with Crippen LogP contribution in [0.2, 0.25) is 0 Å². The molecule has 0 atom stereocenters. The molecule has 1 saturated carbocycles. The van der Waals surface area contributed by atoms with Gasteiger partial charge in [0.05, 0.1) is 5.56 Å². The first-order valence-electron chi connectivity index (χ1n) is 12.5. The topological polar surface area (TPSA) is 65.2 Å². The Bertz CT molecular complexity index is 1240. The Labute approximate surface area is 206 Å². The van der Waals surface area contributed by atoms with Crippen LogP contribution in [-0.2, 0) is 0 Å². The molecule has 0 bridgehead atoms. The van der Waals surface area contributed by atoms with Gasteiger partial charge in [0, 0.05) is 11.1 Å². The third-order valence-electron chi connectivity index (χ3n) is 6.93. The lowest BCUT2D eigenvalue weighted by Gasteiger charge is -2.28. The molecule has 5 nitrogen and oxygen atoms in total. The fourth-order valence-electron chi connectivity index (χ4n) is 4.96. The zero-order chi connectivity index (χ0) is 24.0. The van der Waals surface area contributed by atoms with E-state index in [1.54, 1.807) is 36.4 Å². The molecule has 0 saturated heterocycles. The molecule has 0 spiro atoms. The number of benzene rings is 3. The second-order valence-corrected chi connectivity index (χ2v) is 9.33. The van der Waals surface area contributed by atoms with Crippen LogP contribution in [0.1, 0.15) is 67.3 Å². The molecular weight excluding hydrogens is 436 g/mol. The molecule has 0 unspecified atom stereocenters. The number of carbonyl (C=O) groups excluding carboxylic acids is 1. The Balaban J connectivity index is 1.22. The third kappa shape index (κ3) is 5.51. The lowest BCUT2D eigenvalue weighted by Crippen LogP contribution is -2.13. The van der Waals surface area contributed by atoms with E-state index in [1.807, 2.05) is 18.2 Å². The SMILES string of the molecule is CCCC1CCC(c2ccc(-c3noc(-c4ccc(OC(=O)c5ccccc5)cc4)n3)cc2)CC1. The minimum absolute atomic E-state index is 0.393. The van der Waals surface area contributed by atoms with Gasteiger partial charge in [0.15, 0.2) is 0 Å². The predicted octanol–water partition coefficient (Wildman–Crippen LogP) is 7.70. The average Bonchev–Trinajstić information content (AvgIpc) is 3.41. The lowest BCUT2D eigenvalue weighted by molar-refractivity contribution is 0.0735. The molecule has 0 aliphatic heterocycles. The summed E-state index contributed by atoms with van der Waals surface area (Å²) in [7, 11) is 0. The predicted molar refractivity (Wildman–Crippen MR) is 136 cm³/mol. The summed E-state index contributed by atoms with van der Waals surface area (Å²) in [4.78, 5) is 16.8. The molecule has 5 rings (SSSR count). The molecule has 4 aromatic rings. The summed E-state index contributed by atoms with van der Waals surface area (Å²) in [6, 6.07) is 24.6. The Morgan fingerprint density at radius 1 is 0.886 bits per heavy atom. The van der Waals surface area contributed by atoms with E-state index < -0.39 is 5.97 Å². The average molecular weight is 467 g/mol. The van der Waals surface area contributed by atoms with Gasteiger partial charge in [-0.1, -0.05) is 67.4 Å². The van der Waals surface area contributed by atoms with Crippen molar-refractivity contribution >= 4 is 5.97 Å². The van der Waals surface area contributed by atoms with E-state index in [0.29, 0.717) is 28.9 Å². The van der Waals surface area contributed by atoms with Crippen LogP contribution in [0, 0.1) is 5.92 Å². The van der Waals surface area contributed by atoms with Crippen molar-refractivity contribution < 1.29 is 14.1 Å².